The lowest BCUT2D eigenvalue weighted by molar-refractivity contribution is -0.115. The summed E-state index contributed by atoms with van der Waals surface area (Å²) in [6.07, 6.45) is 1.74. The number of carbonyl (C=O) groups excluding carboxylic acids is 1. The van der Waals surface area contributed by atoms with Crippen LogP contribution in [0, 0.1) is 0 Å². The van der Waals surface area contributed by atoms with Crippen molar-refractivity contribution in [1.82, 2.24) is 14.8 Å². The maximum absolute atomic E-state index is 12.7. The molecule has 3 rings (SSSR count). The van der Waals surface area contributed by atoms with Crippen LogP contribution in [0.3, 0.4) is 0 Å². The first-order valence-corrected chi connectivity index (χ1v) is 11.3. The summed E-state index contributed by atoms with van der Waals surface area (Å²) in [6, 6.07) is 12.5. The third-order valence-corrected chi connectivity index (χ3v) is 5.91. The molecule has 1 heterocycles. The van der Waals surface area contributed by atoms with Crippen LogP contribution in [-0.2, 0) is 11.3 Å². The largest absolute Gasteiger partial charge is 0.494 e. The maximum atomic E-state index is 12.7. The van der Waals surface area contributed by atoms with Crippen LogP contribution in [0.25, 0.3) is 11.4 Å². The van der Waals surface area contributed by atoms with E-state index < -0.39 is 5.25 Å². The minimum Gasteiger partial charge on any atom is -0.494 e. The zero-order valence-electron chi connectivity index (χ0n) is 17.1. The molecule has 0 aliphatic heterocycles. The van der Waals surface area contributed by atoms with Crippen molar-refractivity contribution in [1.29, 1.82) is 0 Å². The summed E-state index contributed by atoms with van der Waals surface area (Å²) in [4.78, 5) is 12.7. The Bertz CT molecular complexity index is 1070. The Balaban J connectivity index is 1.75. The third-order valence-electron chi connectivity index (χ3n) is 4.28. The molecule has 0 aliphatic rings. The van der Waals surface area contributed by atoms with Crippen LogP contribution in [0.4, 0.5) is 5.69 Å². The summed E-state index contributed by atoms with van der Waals surface area (Å²) in [6.45, 7) is 8.61. The molecule has 0 saturated carbocycles. The molecule has 1 amide bonds. The van der Waals surface area contributed by atoms with Crippen molar-refractivity contribution in [2.24, 2.45) is 0 Å². The molecular formula is C22H22Cl2N4O2S. The SMILES string of the molecule is C=CCn1c(S[C@H](C)C(=O)Nc2ccc(OCC)cc2)nnc1-c1ccc(Cl)cc1Cl. The first kappa shape index (κ1) is 23.2. The number of aromatic nitrogens is 3. The van der Waals surface area contributed by atoms with Gasteiger partial charge in [-0.25, -0.2) is 0 Å². The molecular weight excluding hydrogens is 455 g/mol. The van der Waals surface area contributed by atoms with E-state index in [4.69, 9.17) is 27.9 Å². The Labute approximate surface area is 195 Å². The van der Waals surface area contributed by atoms with Gasteiger partial charge >= 0.3 is 0 Å². The van der Waals surface area contributed by atoms with Gasteiger partial charge in [0.2, 0.25) is 5.91 Å². The summed E-state index contributed by atoms with van der Waals surface area (Å²) in [5.41, 5.74) is 1.40. The average Bonchev–Trinajstić information content (AvgIpc) is 3.12. The quantitative estimate of drug-likeness (QED) is 0.304. The lowest BCUT2D eigenvalue weighted by Crippen LogP contribution is -2.23. The summed E-state index contributed by atoms with van der Waals surface area (Å²) >= 11 is 13.7. The number of thioether (sulfide) groups is 1. The molecule has 1 atom stereocenters. The minimum atomic E-state index is -0.409. The normalized spacial score (nSPS) is 11.7. The number of amides is 1. The van der Waals surface area contributed by atoms with Gasteiger partial charge in [0, 0.05) is 22.8 Å². The molecule has 0 saturated heterocycles. The van der Waals surface area contributed by atoms with Crippen molar-refractivity contribution in [2.45, 2.75) is 30.8 Å². The summed E-state index contributed by atoms with van der Waals surface area (Å²) in [5, 5.41) is 12.7. The van der Waals surface area contributed by atoms with E-state index in [0.29, 0.717) is 45.4 Å². The van der Waals surface area contributed by atoms with Gasteiger partial charge in [-0.05, 0) is 56.3 Å². The Morgan fingerprint density at radius 3 is 2.65 bits per heavy atom. The van der Waals surface area contributed by atoms with Crippen molar-refractivity contribution in [3.05, 3.63) is 65.2 Å². The number of allylic oxidation sites excluding steroid dienone is 1. The van der Waals surface area contributed by atoms with E-state index in [0.717, 1.165) is 5.75 Å². The number of ether oxygens (including phenoxy) is 1. The molecule has 0 fully saturated rings. The van der Waals surface area contributed by atoms with Crippen LogP contribution in [0.2, 0.25) is 10.0 Å². The van der Waals surface area contributed by atoms with Crippen molar-refractivity contribution in [2.75, 3.05) is 11.9 Å². The van der Waals surface area contributed by atoms with Crippen molar-refractivity contribution in [3.8, 4) is 17.1 Å². The molecule has 1 N–H and O–H groups in total. The number of rotatable bonds is 9. The summed E-state index contributed by atoms with van der Waals surface area (Å²) < 4.78 is 7.29. The van der Waals surface area contributed by atoms with E-state index in [-0.39, 0.29) is 5.91 Å². The molecule has 0 radical (unpaired) electrons. The first-order valence-electron chi connectivity index (χ1n) is 9.62. The monoisotopic (exact) mass is 476 g/mol. The second kappa shape index (κ2) is 10.7. The molecule has 6 nitrogen and oxygen atoms in total. The molecule has 31 heavy (non-hydrogen) atoms. The van der Waals surface area contributed by atoms with E-state index in [1.807, 2.05) is 30.5 Å². The van der Waals surface area contributed by atoms with Gasteiger partial charge in [-0.2, -0.15) is 0 Å². The average molecular weight is 477 g/mol. The van der Waals surface area contributed by atoms with Crippen LogP contribution in [-0.4, -0.2) is 32.5 Å². The molecule has 0 bridgehead atoms. The molecule has 0 spiro atoms. The Morgan fingerprint density at radius 1 is 1.26 bits per heavy atom. The molecule has 162 valence electrons. The van der Waals surface area contributed by atoms with Gasteiger partial charge in [0.05, 0.1) is 16.9 Å². The Kier molecular flexibility index (Phi) is 8.01. The fraction of sp³-hybridized carbons (Fsp3) is 0.227. The van der Waals surface area contributed by atoms with Crippen LogP contribution < -0.4 is 10.1 Å². The second-order valence-corrected chi connectivity index (χ2v) is 8.69. The number of hydrogen-bond donors (Lipinski definition) is 1. The summed E-state index contributed by atoms with van der Waals surface area (Å²) in [5.74, 6) is 1.20. The van der Waals surface area contributed by atoms with E-state index >= 15 is 0 Å². The zero-order chi connectivity index (χ0) is 22.4. The van der Waals surface area contributed by atoms with E-state index in [1.165, 1.54) is 11.8 Å². The van der Waals surface area contributed by atoms with Crippen LogP contribution in [0.1, 0.15) is 13.8 Å². The highest BCUT2D eigenvalue weighted by Gasteiger charge is 2.21. The number of hydrogen-bond acceptors (Lipinski definition) is 5. The topological polar surface area (TPSA) is 69.0 Å². The maximum Gasteiger partial charge on any atom is 0.237 e. The highest BCUT2D eigenvalue weighted by atomic mass is 35.5. The number of nitrogens with zero attached hydrogens (tertiary/aromatic N) is 3. The van der Waals surface area contributed by atoms with Crippen LogP contribution in [0.5, 0.6) is 5.75 Å². The predicted octanol–water partition coefficient (Wildman–Crippen LogP) is 5.96. The standard InChI is InChI=1S/C22H22Cl2N4O2S/c1-4-12-28-20(18-11-6-15(23)13-19(18)24)26-27-22(28)31-14(3)21(29)25-16-7-9-17(10-8-16)30-5-2/h4,6-11,13-14H,1,5,12H2,2-3H3,(H,25,29)/t14-/m1/s1. The van der Waals surface area contributed by atoms with E-state index in [1.54, 1.807) is 36.4 Å². The second-order valence-electron chi connectivity index (χ2n) is 6.54. The number of halogens is 2. The van der Waals surface area contributed by atoms with Gasteiger partial charge in [0.25, 0.3) is 0 Å². The van der Waals surface area contributed by atoms with Crippen molar-refractivity contribution < 1.29 is 9.53 Å². The lowest BCUT2D eigenvalue weighted by Gasteiger charge is -2.13. The highest BCUT2D eigenvalue weighted by molar-refractivity contribution is 8.00. The number of anilines is 1. The van der Waals surface area contributed by atoms with Gasteiger partial charge in [-0.1, -0.05) is 41.0 Å². The number of carbonyl (C=O) groups is 1. The number of benzene rings is 2. The molecule has 9 heteroatoms. The van der Waals surface area contributed by atoms with E-state index in [2.05, 4.69) is 22.1 Å². The fourth-order valence-corrected chi connectivity index (χ4v) is 4.15. The Morgan fingerprint density at radius 2 is 2.00 bits per heavy atom. The van der Waals surface area contributed by atoms with Crippen molar-refractivity contribution >= 4 is 46.6 Å². The lowest BCUT2D eigenvalue weighted by atomic mass is 10.2. The van der Waals surface area contributed by atoms with Crippen molar-refractivity contribution in [3.63, 3.8) is 0 Å². The molecule has 2 aromatic carbocycles. The number of nitrogens with one attached hydrogen (secondary N) is 1. The van der Waals surface area contributed by atoms with Crippen LogP contribution in [0.15, 0.2) is 60.3 Å². The molecule has 0 aliphatic carbocycles. The molecule has 1 aromatic heterocycles. The van der Waals surface area contributed by atoms with Gasteiger partial charge < -0.3 is 10.1 Å². The highest BCUT2D eigenvalue weighted by Crippen LogP contribution is 2.32. The van der Waals surface area contributed by atoms with Crippen LogP contribution >= 0.6 is 35.0 Å². The van der Waals surface area contributed by atoms with Gasteiger partial charge in [-0.15, -0.1) is 16.8 Å². The smallest absolute Gasteiger partial charge is 0.237 e. The van der Waals surface area contributed by atoms with Gasteiger partial charge in [-0.3, -0.25) is 9.36 Å². The fourth-order valence-electron chi connectivity index (χ4n) is 2.80. The zero-order valence-corrected chi connectivity index (χ0v) is 19.5. The molecule has 0 unspecified atom stereocenters. The molecule has 3 aromatic rings. The minimum absolute atomic E-state index is 0.145. The summed E-state index contributed by atoms with van der Waals surface area (Å²) in [7, 11) is 0. The van der Waals surface area contributed by atoms with Gasteiger partial charge in [0.1, 0.15) is 5.75 Å². The first-order chi connectivity index (χ1) is 14.9. The van der Waals surface area contributed by atoms with E-state index in [9.17, 15) is 4.79 Å². The predicted molar refractivity (Wildman–Crippen MR) is 127 cm³/mol. The van der Waals surface area contributed by atoms with Gasteiger partial charge in [0.15, 0.2) is 11.0 Å². The third kappa shape index (κ3) is 5.81. The Hall–Kier alpha value is -2.48.